The van der Waals surface area contributed by atoms with Crippen molar-refractivity contribution < 1.29 is 4.79 Å². The van der Waals surface area contributed by atoms with Gasteiger partial charge >= 0.3 is 0 Å². The third-order valence-corrected chi connectivity index (χ3v) is 4.63. The van der Waals surface area contributed by atoms with E-state index in [0.717, 1.165) is 25.8 Å². The van der Waals surface area contributed by atoms with Gasteiger partial charge in [0.25, 0.3) is 0 Å². The fourth-order valence-corrected chi connectivity index (χ4v) is 2.59. The van der Waals surface area contributed by atoms with E-state index in [1.165, 1.54) is 0 Å². The minimum atomic E-state index is 0.00548. The number of nitrogens with two attached hydrogens (primary N) is 1. The summed E-state index contributed by atoms with van der Waals surface area (Å²) in [7, 11) is 0. The number of amides is 1. The number of rotatable bonds is 3. The minimum Gasteiger partial charge on any atom is -0.356 e. The van der Waals surface area contributed by atoms with Gasteiger partial charge in [-0.2, -0.15) is 0 Å². The second kappa shape index (κ2) is 6.05. The molecule has 0 spiro atoms. The topological polar surface area (TPSA) is 55.1 Å². The highest BCUT2D eigenvalue weighted by molar-refractivity contribution is 5.79. The molecule has 0 aromatic carbocycles. The summed E-state index contributed by atoms with van der Waals surface area (Å²) >= 11 is 0. The Morgan fingerprint density at radius 2 is 2.00 bits per heavy atom. The standard InChI is InChI=1S/C15H30N2O/c1-10-7-6-8-12(16)13(10)14(18)17-9-11(2)15(3,4)5/h10-13H,6-9,16H2,1-5H3,(H,17,18). The van der Waals surface area contributed by atoms with E-state index in [0.29, 0.717) is 11.8 Å². The van der Waals surface area contributed by atoms with Crippen LogP contribution >= 0.6 is 0 Å². The number of hydrogen-bond donors (Lipinski definition) is 2. The highest BCUT2D eigenvalue weighted by atomic mass is 16.1. The molecule has 0 radical (unpaired) electrons. The van der Waals surface area contributed by atoms with Crippen LogP contribution in [0.3, 0.4) is 0 Å². The molecule has 0 saturated heterocycles. The predicted octanol–water partition coefficient (Wildman–Crippen LogP) is 2.55. The van der Waals surface area contributed by atoms with Crippen LogP contribution in [0.5, 0.6) is 0 Å². The van der Waals surface area contributed by atoms with Crippen molar-refractivity contribution in [3.63, 3.8) is 0 Å². The van der Waals surface area contributed by atoms with Crippen LogP contribution in [-0.4, -0.2) is 18.5 Å². The number of carbonyl (C=O) groups excluding carboxylic acids is 1. The van der Waals surface area contributed by atoms with Crippen molar-refractivity contribution in [1.82, 2.24) is 5.32 Å². The lowest BCUT2D eigenvalue weighted by Gasteiger charge is -2.34. The van der Waals surface area contributed by atoms with Gasteiger partial charge < -0.3 is 11.1 Å². The fourth-order valence-electron chi connectivity index (χ4n) is 2.59. The second-order valence-corrected chi connectivity index (χ2v) is 7.11. The average Bonchev–Trinajstić information content (AvgIpc) is 2.24. The number of carbonyl (C=O) groups is 1. The minimum absolute atomic E-state index is 0.00548. The zero-order valence-corrected chi connectivity index (χ0v) is 12.6. The van der Waals surface area contributed by atoms with Crippen molar-refractivity contribution in [2.24, 2.45) is 28.9 Å². The van der Waals surface area contributed by atoms with Crippen LogP contribution in [-0.2, 0) is 4.79 Å². The zero-order valence-electron chi connectivity index (χ0n) is 12.6. The summed E-state index contributed by atoms with van der Waals surface area (Å²) in [5.41, 5.74) is 6.33. The van der Waals surface area contributed by atoms with Gasteiger partial charge in [0.05, 0.1) is 5.92 Å². The van der Waals surface area contributed by atoms with Crippen LogP contribution in [0, 0.1) is 23.2 Å². The van der Waals surface area contributed by atoms with Gasteiger partial charge in [-0.1, -0.05) is 41.0 Å². The molecule has 1 aliphatic carbocycles. The Hall–Kier alpha value is -0.570. The van der Waals surface area contributed by atoms with Gasteiger partial charge in [-0.3, -0.25) is 4.79 Å². The van der Waals surface area contributed by atoms with Gasteiger partial charge in [-0.15, -0.1) is 0 Å². The quantitative estimate of drug-likeness (QED) is 0.813. The predicted molar refractivity (Wildman–Crippen MR) is 76.1 cm³/mol. The van der Waals surface area contributed by atoms with Crippen LogP contribution in [0.4, 0.5) is 0 Å². The van der Waals surface area contributed by atoms with E-state index >= 15 is 0 Å². The lowest BCUT2D eigenvalue weighted by atomic mass is 9.76. The highest BCUT2D eigenvalue weighted by Gasteiger charge is 2.34. The Kier molecular flexibility index (Phi) is 5.20. The Morgan fingerprint density at radius 3 is 2.50 bits per heavy atom. The molecule has 0 heterocycles. The molecule has 18 heavy (non-hydrogen) atoms. The summed E-state index contributed by atoms with van der Waals surface area (Å²) in [6.45, 7) is 11.7. The van der Waals surface area contributed by atoms with Crippen molar-refractivity contribution in [1.29, 1.82) is 0 Å². The molecule has 1 saturated carbocycles. The third kappa shape index (κ3) is 3.98. The van der Waals surface area contributed by atoms with Crippen LogP contribution in [0.1, 0.15) is 53.9 Å². The maximum Gasteiger partial charge on any atom is 0.224 e. The van der Waals surface area contributed by atoms with E-state index in [1.807, 2.05) is 0 Å². The molecule has 0 aliphatic heterocycles. The molecule has 3 heteroatoms. The maximum atomic E-state index is 12.3. The summed E-state index contributed by atoms with van der Waals surface area (Å²) in [5, 5.41) is 3.10. The van der Waals surface area contributed by atoms with Crippen LogP contribution in [0.15, 0.2) is 0 Å². The summed E-state index contributed by atoms with van der Waals surface area (Å²) < 4.78 is 0. The van der Waals surface area contributed by atoms with Crippen LogP contribution < -0.4 is 11.1 Å². The van der Waals surface area contributed by atoms with Gasteiger partial charge in [-0.05, 0) is 30.1 Å². The van der Waals surface area contributed by atoms with E-state index in [-0.39, 0.29) is 23.3 Å². The maximum absolute atomic E-state index is 12.3. The molecule has 1 aliphatic rings. The molecule has 3 nitrogen and oxygen atoms in total. The monoisotopic (exact) mass is 254 g/mol. The van der Waals surface area contributed by atoms with Gasteiger partial charge in [0.1, 0.15) is 0 Å². The van der Waals surface area contributed by atoms with Crippen molar-refractivity contribution in [2.45, 2.75) is 59.9 Å². The van der Waals surface area contributed by atoms with E-state index in [9.17, 15) is 4.79 Å². The molecular formula is C15H30N2O. The molecule has 1 fully saturated rings. The molecule has 0 aromatic heterocycles. The first kappa shape index (κ1) is 15.5. The van der Waals surface area contributed by atoms with E-state index < -0.39 is 0 Å². The molecule has 0 aromatic rings. The van der Waals surface area contributed by atoms with Crippen molar-refractivity contribution >= 4 is 5.91 Å². The molecule has 3 N–H and O–H groups in total. The van der Waals surface area contributed by atoms with Crippen molar-refractivity contribution in [2.75, 3.05) is 6.54 Å². The highest BCUT2D eigenvalue weighted by Crippen LogP contribution is 2.29. The molecule has 1 amide bonds. The molecular weight excluding hydrogens is 224 g/mol. The first-order chi connectivity index (χ1) is 8.23. The SMILES string of the molecule is CC1CCCC(N)C1C(=O)NCC(C)C(C)(C)C. The number of nitrogens with one attached hydrogen (secondary N) is 1. The summed E-state index contributed by atoms with van der Waals surface area (Å²) in [6, 6.07) is 0.0405. The molecule has 1 rings (SSSR count). The largest absolute Gasteiger partial charge is 0.356 e. The first-order valence-electron chi connectivity index (χ1n) is 7.26. The van der Waals surface area contributed by atoms with Crippen molar-refractivity contribution in [3.05, 3.63) is 0 Å². The van der Waals surface area contributed by atoms with E-state index in [4.69, 9.17) is 5.73 Å². The number of hydrogen-bond acceptors (Lipinski definition) is 2. The summed E-state index contributed by atoms with van der Waals surface area (Å²) in [6.07, 6.45) is 3.27. The molecule has 4 atom stereocenters. The third-order valence-electron chi connectivity index (χ3n) is 4.63. The lowest BCUT2D eigenvalue weighted by molar-refractivity contribution is -0.128. The van der Waals surface area contributed by atoms with Crippen molar-refractivity contribution in [3.8, 4) is 0 Å². The van der Waals surface area contributed by atoms with Crippen LogP contribution in [0.2, 0.25) is 0 Å². The van der Waals surface area contributed by atoms with Gasteiger partial charge in [0.15, 0.2) is 0 Å². The Morgan fingerprint density at radius 1 is 1.39 bits per heavy atom. The molecule has 4 unspecified atom stereocenters. The van der Waals surface area contributed by atoms with Gasteiger partial charge in [0.2, 0.25) is 5.91 Å². The van der Waals surface area contributed by atoms with E-state index in [1.54, 1.807) is 0 Å². The fraction of sp³-hybridized carbons (Fsp3) is 0.933. The average molecular weight is 254 g/mol. The first-order valence-corrected chi connectivity index (χ1v) is 7.26. The summed E-state index contributed by atoms with van der Waals surface area (Å²) in [4.78, 5) is 12.3. The Labute approximate surface area is 112 Å². The van der Waals surface area contributed by atoms with Gasteiger partial charge in [-0.25, -0.2) is 0 Å². The Bertz CT molecular complexity index is 273. The van der Waals surface area contributed by atoms with Crippen LogP contribution in [0.25, 0.3) is 0 Å². The van der Waals surface area contributed by atoms with Gasteiger partial charge in [0, 0.05) is 12.6 Å². The lowest BCUT2D eigenvalue weighted by Crippen LogP contribution is -2.48. The molecule has 106 valence electrons. The summed E-state index contributed by atoms with van der Waals surface area (Å²) in [5.74, 6) is 1.05. The normalized spacial score (nSPS) is 30.9. The smallest absolute Gasteiger partial charge is 0.224 e. The Balaban J connectivity index is 2.49. The zero-order chi connectivity index (χ0) is 13.9. The van der Waals surface area contributed by atoms with E-state index in [2.05, 4.69) is 39.9 Å². The second-order valence-electron chi connectivity index (χ2n) is 7.11. The molecule has 0 bridgehead atoms.